The smallest absolute Gasteiger partial charge is 0.326 e. The average Bonchev–Trinajstić information content (AvgIpc) is 2.95. The third-order valence-electron chi connectivity index (χ3n) is 3.07. The number of nitrogens with zero attached hydrogens (tertiary/aromatic N) is 2. The Morgan fingerprint density at radius 3 is 2.57 bits per heavy atom. The molecule has 6 nitrogen and oxygen atoms in total. The summed E-state index contributed by atoms with van der Waals surface area (Å²) in [6, 6.07) is 7.60. The first-order valence-corrected chi connectivity index (χ1v) is 6.85. The van der Waals surface area contributed by atoms with Gasteiger partial charge in [0.15, 0.2) is 0 Å². The van der Waals surface area contributed by atoms with Gasteiger partial charge in [0, 0.05) is 12.6 Å². The van der Waals surface area contributed by atoms with Crippen LogP contribution in [0, 0.1) is 0 Å². The molecule has 1 unspecified atom stereocenters. The van der Waals surface area contributed by atoms with Crippen LogP contribution in [0.25, 0.3) is 5.69 Å². The normalized spacial score (nSPS) is 12.1. The van der Waals surface area contributed by atoms with Gasteiger partial charge >= 0.3 is 5.97 Å². The monoisotopic (exact) mass is 323 g/mol. The van der Waals surface area contributed by atoms with E-state index in [1.165, 1.54) is 6.20 Å². The maximum absolute atomic E-state index is 12.3. The van der Waals surface area contributed by atoms with Crippen LogP contribution >= 0.6 is 0 Å². The van der Waals surface area contributed by atoms with Crippen molar-refractivity contribution in [1.82, 2.24) is 15.1 Å². The van der Waals surface area contributed by atoms with Crippen molar-refractivity contribution < 1.29 is 23.5 Å². The largest absolute Gasteiger partial charge is 0.480 e. The summed E-state index contributed by atoms with van der Waals surface area (Å²) in [4.78, 5) is 22.6. The fraction of sp³-hybridized carbons (Fsp3) is 0.267. The number of carbonyl (C=O) groups excluding carboxylic acids is 1. The van der Waals surface area contributed by atoms with Gasteiger partial charge in [0.25, 0.3) is 0 Å². The van der Waals surface area contributed by atoms with E-state index in [0.29, 0.717) is 5.56 Å². The quantitative estimate of drug-likeness (QED) is 0.811. The standard InChI is InChI=1S/C15H15F2N3O3/c16-13(17)7-12(15(22)23)19-14(21)6-10-8-18-20(9-10)11-4-2-1-3-5-11/h1-5,8-9,12-13H,6-7H2,(H,19,21)(H,22,23). The van der Waals surface area contributed by atoms with Crippen molar-refractivity contribution in [3.05, 3.63) is 48.3 Å². The van der Waals surface area contributed by atoms with Gasteiger partial charge in [-0.3, -0.25) is 4.79 Å². The van der Waals surface area contributed by atoms with Crippen LogP contribution in [-0.4, -0.2) is 39.2 Å². The Labute approximate surface area is 130 Å². The minimum Gasteiger partial charge on any atom is -0.480 e. The maximum atomic E-state index is 12.3. The molecule has 0 radical (unpaired) electrons. The number of rotatable bonds is 7. The molecule has 0 aliphatic heterocycles. The fourth-order valence-corrected chi connectivity index (χ4v) is 2.00. The number of hydrogen-bond acceptors (Lipinski definition) is 3. The van der Waals surface area contributed by atoms with Crippen LogP contribution < -0.4 is 5.32 Å². The van der Waals surface area contributed by atoms with Gasteiger partial charge in [-0.05, 0) is 17.7 Å². The highest BCUT2D eigenvalue weighted by molar-refractivity contribution is 5.84. The summed E-state index contributed by atoms with van der Waals surface area (Å²) >= 11 is 0. The van der Waals surface area contributed by atoms with Gasteiger partial charge in [-0.25, -0.2) is 18.3 Å². The Morgan fingerprint density at radius 2 is 1.96 bits per heavy atom. The van der Waals surface area contributed by atoms with Crippen LogP contribution in [0.4, 0.5) is 8.78 Å². The molecule has 122 valence electrons. The Hall–Kier alpha value is -2.77. The van der Waals surface area contributed by atoms with Crippen LogP contribution in [-0.2, 0) is 16.0 Å². The summed E-state index contributed by atoms with van der Waals surface area (Å²) in [6.07, 6.45) is -0.783. The van der Waals surface area contributed by atoms with Gasteiger partial charge in [-0.15, -0.1) is 0 Å². The molecule has 2 aromatic rings. The van der Waals surface area contributed by atoms with Crippen molar-refractivity contribution in [2.75, 3.05) is 0 Å². The molecular formula is C15H15F2N3O3. The predicted octanol–water partition coefficient (Wildman–Crippen LogP) is 1.64. The molecule has 8 heteroatoms. The first-order chi connectivity index (χ1) is 11.0. The van der Waals surface area contributed by atoms with E-state index in [9.17, 15) is 18.4 Å². The molecule has 1 amide bonds. The number of aliphatic carboxylic acids is 1. The number of nitrogens with one attached hydrogen (secondary N) is 1. The molecule has 0 saturated carbocycles. The van der Waals surface area contributed by atoms with Gasteiger partial charge in [0.2, 0.25) is 12.3 Å². The molecule has 0 fully saturated rings. The molecule has 0 bridgehead atoms. The molecule has 0 aliphatic rings. The van der Waals surface area contributed by atoms with Crippen molar-refractivity contribution in [3.63, 3.8) is 0 Å². The van der Waals surface area contributed by atoms with E-state index >= 15 is 0 Å². The van der Waals surface area contributed by atoms with E-state index in [-0.39, 0.29) is 6.42 Å². The molecular weight excluding hydrogens is 308 g/mol. The van der Waals surface area contributed by atoms with Crippen molar-refractivity contribution in [2.24, 2.45) is 0 Å². The van der Waals surface area contributed by atoms with E-state index in [2.05, 4.69) is 10.4 Å². The summed E-state index contributed by atoms with van der Waals surface area (Å²) in [5, 5.41) is 15.0. The van der Waals surface area contributed by atoms with Crippen molar-refractivity contribution in [3.8, 4) is 5.69 Å². The first-order valence-electron chi connectivity index (χ1n) is 6.85. The highest BCUT2D eigenvalue weighted by atomic mass is 19.3. The minimum absolute atomic E-state index is 0.139. The van der Waals surface area contributed by atoms with Crippen LogP contribution in [0.2, 0.25) is 0 Å². The predicted molar refractivity (Wildman–Crippen MR) is 77.5 cm³/mol. The molecule has 1 aromatic carbocycles. The molecule has 1 heterocycles. The van der Waals surface area contributed by atoms with Crippen molar-refractivity contribution in [1.29, 1.82) is 0 Å². The summed E-state index contributed by atoms with van der Waals surface area (Å²) < 4.78 is 26.1. The Kier molecular flexibility index (Phi) is 5.40. The molecule has 1 atom stereocenters. The molecule has 23 heavy (non-hydrogen) atoms. The minimum atomic E-state index is -2.81. The lowest BCUT2D eigenvalue weighted by Gasteiger charge is -2.13. The van der Waals surface area contributed by atoms with Crippen molar-refractivity contribution >= 4 is 11.9 Å². The highest BCUT2D eigenvalue weighted by Crippen LogP contribution is 2.09. The zero-order chi connectivity index (χ0) is 16.8. The molecule has 0 saturated heterocycles. The summed E-state index contributed by atoms with van der Waals surface area (Å²) in [5.74, 6) is -2.13. The lowest BCUT2D eigenvalue weighted by molar-refractivity contribution is -0.142. The Bertz CT molecular complexity index is 674. The van der Waals surface area contributed by atoms with Crippen LogP contribution in [0.5, 0.6) is 0 Å². The Morgan fingerprint density at radius 1 is 1.26 bits per heavy atom. The van der Waals surface area contributed by atoms with Gasteiger partial charge in [-0.1, -0.05) is 18.2 Å². The fourth-order valence-electron chi connectivity index (χ4n) is 2.00. The van der Waals surface area contributed by atoms with Gasteiger partial charge in [0.1, 0.15) is 6.04 Å². The third-order valence-corrected chi connectivity index (χ3v) is 3.07. The number of halogens is 2. The second-order valence-electron chi connectivity index (χ2n) is 4.89. The third kappa shape index (κ3) is 4.87. The molecule has 2 N–H and O–H groups in total. The highest BCUT2D eigenvalue weighted by Gasteiger charge is 2.24. The number of amides is 1. The van der Waals surface area contributed by atoms with Crippen LogP contribution in [0.15, 0.2) is 42.7 Å². The van der Waals surface area contributed by atoms with E-state index in [1.807, 2.05) is 30.3 Å². The SMILES string of the molecule is O=C(Cc1cnn(-c2ccccc2)c1)NC(CC(F)F)C(=O)O. The molecule has 2 rings (SSSR count). The number of para-hydroxylation sites is 1. The number of carbonyl (C=O) groups is 2. The topological polar surface area (TPSA) is 84.2 Å². The summed E-state index contributed by atoms with van der Waals surface area (Å²) in [7, 11) is 0. The number of aromatic nitrogens is 2. The second kappa shape index (κ2) is 7.48. The molecule has 0 spiro atoms. The van der Waals surface area contributed by atoms with E-state index < -0.39 is 30.8 Å². The number of carboxylic acid groups (broad SMARTS) is 1. The molecule has 0 aliphatic carbocycles. The maximum Gasteiger partial charge on any atom is 0.326 e. The lowest BCUT2D eigenvalue weighted by Crippen LogP contribution is -2.42. The lowest BCUT2D eigenvalue weighted by atomic mass is 10.2. The molecule has 1 aromatic heterocycles. The number of alkyl halides is 2. The number of hydrogen-bond donors (Lipinski definition) is 2. The van der Waals surface area contributed by atoms with Crippen LogP contribution in [0.1, 0.15) is 12.0 Å². The zero-order valence-electron chi connectivity index (χ0n) is 12.0. The van der Waals surface area contributed by atoms with Gasteiger partial charge < -0.3 is 10.4 Å². The Balaban J connectivity index is 1.98. The second-order valence-corrected chi connectivity index (χ2v) is 4.89. The number of benzene rings is 1. The van der Waals surface area contributed by atoms with Gasteiger partial charge in [-0.2, -0.15) is 5.10 Å². The van der Waals surface area contributed by atoms with E-state index in [1.54, 1.807) is 10.9 Å². The van der Waals surface area contributed by atoms with E-state index in [0.717, 1.165) is 5.69 Å². The van der Waals surface area contributed by atoms with Crippen molar-refractivity contribution in [2.45, 2.75) is 25.3 Å². The first kappa shape index (κ1) is 16.6. The van der Waals surface area contributed by atoms with Gasteiger partial charge in [0.05, 0.1) is 18.3 Å². The summed E-state index contributed by atoms with van der Waals surface area (Å²) in [5.41, 5.74) is 1.35. The van der Waals surface area contributed by atoms with E-state index in [4.69, 9.17) is 5.11 Å². The zero-order valence-corrected chi connectivity index (χ0v) is 12.0. The summed E-state index contributed by atoms with van der Waals surface area (Å²) in [6.45, 7) is 0. The number of carboxylic acids is 1. The average molecular weight is 323 g/mol. The van der Waals surface area contributed by atoms with Crippen LogP contribution in [0.3, 0.4) is 0 Å².